The van der Waals surface area contributed by atoms with Crippen molar-refractivity contribution in [1.82, 2.24) is 14.4 Å². The van der Waals surface area contributed by atoms with E-state index in [1.54, 1.807) is 4.40 Å². The number of benzene rings is 1. The first kappa shape index (κ1) is 12.0. The Balaban J connectivity index is 2.38. The molecule has 0 atom stereocenters. The zero-order valence-electron chi connectivity index (χ0n) is 10.7. The third-order valence-electron chi connectivity index (χ3n) is 2.98. The van der Waals surface area contributed by atoms with Crippen molar-refractivity contribution in [1.29, 1.82) is 0 Å². The average molecular weight is 273 g/mol. The van der Waals surface area contributed by atoms with Crippen molar-refractivity contribution in [3.05, 3.63) is 46.9 Å². The Hall–Kier alpha value is -2.07. The maximum absolute atomic E-state index is 6.17. The van der Waals surface area contributed by atoms with E-state index in [2.05, 4.69) is 16.0 Å². The number of imidazole rings is 1. The molecule has 0 spiro atoms. The van der Waals surface area contributed by atoms with Crippen LogP contribution in [0.1, 0.15) is 11.3 Å². The second kappa shape index (κ2) is 4.24. The minimum absolute atomic E-state index is 0.308. The smallest absolute Gasteiger partial charge is 0.165 e. The third-order valence-corrected chi connectivity index (χ3v) is 3.36. The van der Waals surface area contributed by atoms with Gasteiger partial charge >= 0.3 is 0 Å². The van der Waals surface area contributed by atoms with Crippen LogP contribution in [0.4, 0.5) is 5.82 Å². The SMILES string of the molecule is Cc1cccc(-c2nc(N)c(Cl)n3cc(C)nc23)c1. The summed E-state index contributed by atoms with van der Waals surface area (Å²) in [6.45, 7) is 3.95. The lowest BCUT2D eigenvalue weighted by molar-refractivity contribution is 1.14. The summed E-state index contributed by atoms with van der Waals surface area (Å²) < 4.78 is 1.77. The fourth-order valence-corrected chi connectivity index (χ4v) is 2.31. The van der Waals surface area contributed by atoms with Gasteiger partial charge in [-0.3, -0.25) is 4.40 Å². The van der Waals surface area contributed by atoms with Gasteiger partial charge in [0.25, 0.3) is 0 Å². The Labute approximate surface area is 115 Å². The number of aromatic nitrogens is 3. The maximum atomic E-state index is 6.17. The van der Waals surface area contributed by atoms with Crippen LogP contribution in [0.2, 0.25) is 5.15 Å². The molecule has 0 radical (unpaired) electrons. The quantitative estimate of drug-likeness (QED) is 0.740. The molecule has 0 unspecified atom stereocenters. The molecule has 3 rings (SSSR count). The lowest BCUT2D eigenvalue weighted by atomic mass is 10.1. The fraction of sp³-hybridized carbons (Fsp3) is 0.143. The van der Waals surface area contributed by atoms with Gasteiger partial charge in [-0.25, -0.2) is 9.97 Å². The number of fused-ring (bicyclic) bond motifs is 1. The number of nitrogens with zero attached hydrogens (tertiary/aromatic N) is 3. The summed E-state index contributed by atoms with van der Waals surface area (Å²) in [6, 6.07) is 8.08. The van der Waals surface area contributed by atoms with Crippen LogP contribution >= 0.6 is 11.6 Å². The van der Waals surface area contributed by atoms with Gasteiger partial charge in [-0.05, 0) is 19.9 Å². The number of anilines is 1. The molecule has 0 saturated carbocycles. The van der Waals surface area contributed by atoms with Crippen LogP contribution in [0.25, 0.3) is 16.9 Å². The third kappa shape index (κ3) is 1.94. The molecule has 19 heavy (non-hydrogen) atoms. The number of hydrogen-bond donors (Lipinski definition) is 1. The van der Waals surface area contributed by atoms with Crippen molar-refractivity contribution in [3.8, 4) is 11.3 Å². The lowest BCUT2D eigenvalue weighted by Crippen LogP contribution is -2.00. The highest BCUT2D eigenvalue weighted by Gasteiger charge is 2.14. The molecule has 0 aliphatic carbocycles. The Kier molecular flexibility index (Phi) is 2.68. The van der Waals surface area contributed by atoms with E-state index in [-0.39, 0.29) is 0 Å². The summed E-state index contributed by atoms with van der Waals surface area (Å²) in [7, 11) is 0. The zero-order chi connectivity index (χ0) is 13.6. The molecule has 4 nitrogen and oxygen atoms in total. The average Bonchev–Trinajstić information content (AvgIpc) is 2.76. The van der Waals surface area contributed by atoms with E-state index in [0.29, 0.717) is 11.0 Å². The molecule has 1 aromatic carbocycles. The van der Waals surface area contributed by atoms with E-state index < -0.39 is 0 Å². The molecule has 0 amide bonds. The maximum Gasteiger partial charge on any atom is 0.165 e. The molecule has 2 N–H and O–H groups in total. The molecule has 2 heterocycles. The van der Waals surface area contributed by atoms with Crippen molar-refractivity contribution < 1.29 is 0 Å². The first-order valence-corrected chi connectivity index (χ1v) is 6.32. The van der Waals surface area contributed by atoms with E-state index in [1.807, 2.05) is 38.2 Å². The normalized spacial score (nSPS) is 11.1. The Morgan fingerprint density at radius 2 is 2.00 bits per heavy atom. The second-order valence-electron chi connectivity index (χ2n) is 4.58. The van der Waals surface area contributed by atoms with Crippen LogP contribution < -0.4 is 5.73 Å². The Morgan fingerprint density at radius 3 is 2.74 bits per heavy atom. The first-order chi connectivity index (χ1) is 9.06. The standard InChI is InChI=1S/C14H13ClN4/c1-8-4-3-5-10(6-8)11-14-17-9(2)7-19(14)12(15)13(16)18-11/h3-7H,16H2,1-2H3. The van der Waals surface area contributed by atoms with Gasteiger partial charge in [0.15, 0.2) is 16.6 Å². The molecule has 3 aromatic rings. The first-order valence-electron chi connectivity index (χ1n) is 5.94. The van der Waals surface area contributed by atoms with E-state index in [0.717, 1.165) is 28.2 Å². The van der Waals surface area contributed by atoms with E-state index in [9.17, 15) is 0 Å². The molecule has 0 fully saturated rings. The molecule has 0 bridgehead atoms. The predicted molar refractivity (Wildman–Crippen MR) is 77.3 cm³/mol. The fourth-order valence-electron chi connectivity index (χ4n) is 2.14. The van der Waals surface area contributed by atoms with E-state index in [1.165, 1.54) is 0 Å². The van der Waals surface area contributed by atoms with Crippen LogP contribution in [0.15, 0.2) is 30.5 Å². The number of aryl methyl sites for hydroxylation is 2. The van der Waals surface area contributed by atoms with Crippen molar-refractivity contribution >= 4 is 23.1 Å². The largest absolute Gasteiger partial charge is 0.381 e. The molecular weight excluding hydrogens is 260 g/mol. The highest BCUT2D eigenvalue weighted by atomic mass is 35.5. The summed E-state index contributed by atoms with van der Waals surface area (Å²) in [4.78, 5) is 8.87. The van der Waals surface area contributed by atoms with Gasteiger partial charge < -0.3 is 5.73 Å². The summed E-state index contributed by atoms with van der Waals surface area (Å²) in [5, 5.41) is 0.395. The van der Waals surface area contributed by atoms with Crippen LogP contribution in [0.5, 0.6) is 0 Å². The number of nitrogen functional groups attached to an aromatic ring is 1. The predicted octanol–water partition coefficient (Wildman–Crippen LogP) is 3.25. The molecule has 5 heteroatoms. The lowest BCUT2D eigenvalue weighted by Gasteiger charge is -2.07. The van der Waals surface area contributed by atoms with Crippen molar-refractivity contribution in [2.75, 3.05) is 5.73 Å². The summed E-state index contributed by atoms with van der Waals surface area (Å²) in [5.74, 6) is 0.308. The van der Waals surface area contributed by atoms with Crippen molar-refractivity contribution in [2.45, 2.75) is 13.8 Å². The highest BCUT2D eigenvalue weighted by Crippen LogP contribution is 2.28. The Morgan fingerprint density at radius 1 is 1.21 bits per heavy atom. The molecule has 0 aliphatic rings. The molecular formula is C14H13ClN4. The number of hydrogen-bond acceptors (Lipinski definition) is 3. The van der Waals surface area contributed by atoms with Gasteiger partial charge in [-0.1, -0.05) is 35.4 Å². The van der Waals surface area contributed by atoms with Crippen LogP contribution in [0, 0.1) is 13.8 Å². The van der Waals surface area contributed by atoms with E-state index in [4.69, 9.17) is 17.3 Å². The zero-order valence-corrected chi connectivity index (χ0v) is 11.4. The summed E-state index contributed by atoms with van der Waals surface area (Å²) in [5.41, 5.74) is 10.4. The second-order valence-corrected chi connectivity index (χ2v) is 4.94. The Bertz CT molecular complexity index is 776. The monoisotopic (exact) mass is 272 g/mol. The van der Waals surface area contributed by atoms with Gasteiger partial charge in [0.1, 0.15) is 5.69 Å². The van der Waals surface area contributed by atoms with Crippen molar-refractivity contribution in [2.24, 2.45) is 0 Å². The van der Waals surface area contributed by atoms with Crippen molar-refractivity contribution in [3.63, 3.8) is 0 Å². The van der Waals surface area contributed by atoms with Gasteiger partial charge in [0.05, 0.1) is 5.69 Å². The van der Waals surface area contributed by atoms with Gasteiger partial charge in [0, 0.05) is 11.8 Å². The minimum Gasteiger partial charge on any atom is -0.381 e. The molecule has 96 valence electrons. The van der Waals surface area contributed by atoms with Gasteiger partial charge in [0.2, 0.25) is 0 Å². The van der Waals surface area contributed by atoms with Crippen LogP contribution in [0.3, 0.4) is 0 Å². The highest BCUT2D eigenvalue weighted by molar-refractivity contribution is 6.32. The molecule has 0 aliphatic heterocycles. The number of rotatable bonds is 1. The number of halogens is 1. The van der Waals surface area contributed by atoms with Crippen LogP contribution in [-0.4, -0.2) is 14.4 Å². The molecule has 0 saturated heterocycles. The van der Waals surface area contributed by atoms with Crippen LogP contribution in [-0.2, 0) is 0 Å². The van der Waals surface area contributed by atoms with Gasteiger partial charge in [-0.2, -0.15) is 0 Å². The van der Waals surface area contributed by atoms with Gasteiger partial charge in [-0.15, -0.1) is 0 Å². The minimum atomic E-state index is 0.308. The number of nitrogens with two attached hydrogens (primary N) is 1. The molecule has 2 aromatic heterocycles. The topological polar surface area (TPSA) is 56.2 Å². The summed E-state index contributed by atoms with van der Waals surface area (Å²) >= 11 is 6.17. The summed E-state index contributed by atoms with van der Waals surface area (Å²) in [6.07, 6.45) is 1.86. The van der Waals surface area contributed by atoms with E-state index >= 15 is 0 Å².